The van der Waals surface area contributed by atoms with Crippen molar-refractivity contribution >= 4 is 28.2 Å². The molecule has 1 aromatic rings. The fourth-order valence-electron chi connectivity index (χ4n) is 2.38. The summed E-state index contributed by atoms with van der Waals surface area (Å²) in [5.74, 6) is 0. The zero-order valence-corrected chi connectivity index (χ0v) is 13.1. The molecule has 0 aliphatic carbocycles. The van der Waals surface area contributed by atoms with Crippen molar-refractivity contribution in [3.05, 3.63) is 23.8 Å². The van der Waals surface area contributed by atoms with Crippen LogP contribution in [0.4, 0.5) is 5.69 Å². The Kier molecular flexibility index (Phi) is 6.26. The third kappa shape index (κ3) is 4.09. The van der Waals surface area contributed by atoms with Crippen LogP contribution in [0.15, 0.2) is 23.1 Å². The molecule has 1 fully saturated rings. The van der Waals surface area contributed by atoms with E-state index in [1.54, 1.807) is 12.1 Å². The first-order valence-electron chi connectivity index (χ1n) is 6.58. The molecule has 0 saturated carbocycles. The van der Waals surface area contributed by atoms with Gasteiger partial charge in [-0.05, 0) is 24.1 Å². The molecule has 0 amide bonds. The van der Waals surface area contributed by atoms with Crippen LogP contribution in [-0.2, 0) is 16.5 Å². The van der Waals surface area contributed by atoms with E-state index in [2.05, 4.69) is 5.32 Å². The topological polar surface area (TPSA) is 69.6 Å². The van der Waals surface area contributed by atoms with Crippen LogP contribution in [0.25, 0.3) is 0 Å². The van der Waals surface area contributed by atoms with Crippen LogP contribution in [0.3, 0.4) is 0 Å². The van der Waals surface area contributed by atoms with E-state index in [0.29, 0.717) is 5.69 Å². The summed E-state index contributed by atoms with van der Waals surface area (Å²) in [6.45, 7) is 5.17. The number of anilines is 1. The molecule has 7 heteroatoms. The van der Waals surface area contributed by atoms with Crippen LogP contribution in [-0.4, -0.2) is 39.1 Å². The summed E-state index contributed by atoms with van der Waals surface area (Å²) >= 11 is 0. The second kappa shape index (κ2) is 7.26. The number of nitrogens with zero attached hydrogens (tertiary/aromatic N) is 1. The molecule has 2 rings (SSSR count). The standard InChI is InChI=1S/C13H20N2O3S.ClH/c1-2-3-11-4-5-12(13(10-11)19(16,17)18)15-8-6-14-7-9-15;/h4-5,10,14H,2-3,6-9H2,1H3,(H,16,17,18);1H. The Morgan fingerprint density at radius 3 is 2.50 bits per heavy atom. The lowest BCUT2D eigenvalue weighted by Crippen LogP contribution is -2.44. The molecular formula is C13H21ClN2O3S. The molecule has 1 aromatic carbocycles. The van der Waals surface area contributed by atoms with Gasteiger partial charge in [-0.2, -0.15) is 8.42 Å². The number of hydrogen-bond donors (Lipinski definition) is 2. The van der Waals surface area contributed by atoms with Gasteiger partial charge in [0.2, 0.25) is 0 Å². The summed E-state index contributed by atoms with van der Waals surface area (Å²) < 4.78 is 32.6. The number of hydrogen-bond acceptors (Lipinski definition) is 4. The van der Waals surface area contributed by atoms with Gasteiger partial charge in [0.05, 0.1) is 5.69 Å². The van der Waals surface area contributed by atoms with E-state index in [1.807, 2.05) is 17.9 Å². The van der Waals surface area contributed by atoms with Crippen molar-refractivity contribution in [2.75, 3.05) is 31.1 Å². The fourth-order valence-corrected chi connectivity index (χ4v) is 3.14. The van der Waals surface area contributed by atoms with Crippen molar-refractivity contribution in [3.63, 3.8) is 0 Å². The molecule has 0 bridgehead atoms. The lowest BCUT2D eigenvalue weighted by atomic mass is 10.1. The van der Waals surface area contributed by atoms with Gasteiger partial charge in [0, 0.05) is 26.2 Å². The van der Waals surface area contributed by atoms with Crippen molar-refractivity contribution in [2.24, 2.45) is 0 Å². The maximum atomic E-state index is 11.6. The van der Waals surface area contributed by atoms with Gasteiger partial charge in [-0.3, -0.25) is 4.55 Å². The summed E-state index contributed by atoms with van der Waals surface area (Å²) in [7, 11) is -4.19. The minimum absolute atomic E-state index is 0. The Bertz CT molecular complexity index is 543. The predicted octanol–water partition coefficient (Wildman–Crippen LogP) is 1.72. The number of halogens is 1. The van der Waals surface area contributed by atoms with E-state index in [4.69, 9.17) is 0 Å². The molecule has 0 radical (unpaired) electrons. The molecule has 1 aliphatic rings. The van der Waals surface area contributed by atoms with Crippen LogP contribution in [0.2, 0.25) is 0 Å². The van der Waals surface area contributed by atoms with E-state index >= 15 is 0 Å². The third-order valence-electron chi connectivity index (χ3n) is 3.30. The second-order valence-corrected chi connectivity index (χ2v) is 6.15. The highest BCUT2D eigenvalue weighted by Crippen LogP contribution is 2.27. The maximum Gasteiger partial charge on any atom is 0.296 e. The summed E-state index contributed by atoms with van der Waals surface area (Å²) in [6.07, 6.45) is 1.75. The highest BCUT2D eigenvalue weighted by molar-refractivity contribution is 7.86. The Morgan fingerprint density at radius 2 is 1.95 bits per heavy atom. The zero-order chi connectivity index (χ0) is 13.9. The monoisotopic (exact) mass is 320 g/mol. The molecule has 20 heavy (non-hydrogen) atoms. The quantitative estimate of drug-likeness (QED) is 0.827. The fraction of sp³-hybridized carbons (Fsp3) is 0.538. The minimum atomic E-state index is -4.19. The molecule has 1 aliphatic heterocycles. The molecule has 0 spiro atoms. The van der Waals surface area contributed by atoms with Gasteiger partial charge in [-0.15, -0.1) is 12.4 Å². The van der Waals surface area contributed by atoms with Gasteiger partial charge in [0.15, 0.2) is 0 Å². The predicted molar refractivity (Wildman–Crippen MR) is 82.6 cm³/mol. The SMILES string of the molecule is CCCc1ccc(N2CCNCC2)c(S(=O)(=O)O)c1.Cl. The Balaban J connectivity index is 0.00000200. The molecule has 2 N–H and O–H groups in total. The molecule has 1 heterocycles. The van der Waals surface area contributed by atoms with Gasteiger partial charge in [-0.25, -0.2) is 0 Å². The first-order chi connectivity index (χ1) is 9.02. The lowest BCUT2D eigenvalue weighted by molar-refractivity contribution is 0.482. The van der Waals surface area contributed by atoms with Gasteiger partial charge in [0.1, 0.15) is 4.90 Å². The molecular weight excluding hydrogens is 300 g/mol. The average molecular weight is 321 g/mol. The summed E-state index contributed by atoms with van der Waals surface area (Å²) in [6, 6.07) is 5.34. The summed E-state index contributed by atoms with van der Waals surface area (Å²) in [4.78, 5) is 2.02. The molecule has 5 nitrogen and oxygen atoms in total. The van der Waals surface area contributed by atoms with Crippen molar-refractivity contribution in [3.8, 4) is 0 Å². The van der Waals surface area contributed by atoms with Gasteiger partial charge in [-0.1, -0.05) is 19.4 Å². The van der Waals surface area contributed by atoms with Crippen molar-refractivity contribution in [2.45, 2.75) is 24.7 Å². The highest BCUT2D eigenvalue weighted by atomic mass is 35.5. The molecule has 0 unspecified atom stereocenters. The van der Waals surface area contributed by atoms with Gasteiger partial charge >= 0.3 is 0 Å². The third-order valence-corrected chi connectivity index (χ3v) is 4.18. The zero-order valence-electron chi connectivity index (χ0n) is 11.5. The van der Waals surface area contributed by atoms with Crippen molar-refractivity contribution in [1.29, 1.82) is 0 Å². The van der Waals surface area contributed by atoms with E-state index in [-0.39, 0.29) is 17.3 Å². The number of nitrogens with one attached hydrogen (secondary N) is 1. The average Bonchev–Trinajstić information content (AvgIpc) is 2.39. The second-order valence-electron chi connectivity index (χ2n) is 4.76. The maximum absolute atomic E-state index is 11.6. The smallest absolute Gasteiger partial charge is 0.296 e. The summed E-state index contributed by atoms with van der Waals surface area (Å²) in [5, 5.41) is 3.22. The Labute approximate surface area is 126 Å². The van der Waals surface area contributed by atoms with E-state index < -0.39 is 10.1 Å². The van der Waals surface area contributed by atoms with Crippen LogP contribution in [0, 0.1) is 0 Å². The molecule has 1 saturated heterocycles. The first kappa shape index (κ1) is 17.2. The lowest BCUT2D eigenvalue weighted by Gasteiger charge is -2.30. The Hall–Kier alpha value is -0.820. The molecule has 0 aromatic heterocycles. The van der Waals surface area contributed by atoms with Gasteiger partial charge in [0.25, 0.3) is 10.1 Å². The number of aryl methyl sites for hydroxylation is 1. The largest absolute Gasteiger partial charge is 0.368 e. The molecule has 0 atom stereocenters. The van der Waals surface area contributed by atoms with Crippen LogP contribution in [0.1, 0.15) is 18.9 Å². The van der Waals surface area contributed by atoms with Crippen LogP contribution < -0.4 is 10.2 Å². The van der Waals surface area contributed by atoms with Crippen molar-refractivity contribution < 1.29 is 13.0 Å². The van der Waals surface area contributed by atoms with Gasteiger partial charge < -0.3 is 10.2 Å². The minimum Gasteiger partial charge on any atom is -0.368 e. The summed E-state index contributed by atoms with van der Waals surface area (Å²) in [5.41, 5.74) is 1.54. The van der Waals surface area contributed by atoms with E-state index in [9.17, 15) is 13.0 Å². The Morgan fingerprint density at radius 1 is 1.30 bits per heavy atom. The highest BCUT2D eigenvalue weighted by Gasteiger charge is 2.21. The number of benzene rings is 1. The number of piperazine rings is 1. The first-order valence-corrected chi connectivity index (χ1v) is 8.02. The van der Waals surface area contributed by atoms with Crippen LogP contribution >= 0.6 is 12.4 Å². The van der Waals surface area contributed by atoms with Crippen LogP contribution in [0.5, 0.6) is 0 Å². The van der Waals surface area contributed by atoms with E-state index in [1.165, 1.54) is 0 Å². The number of rotatable bonds is 4. The normalized spacial score (nSPS) is 15.8. The van der Waals surface area contributed by atoms with Crippen molar-refractivity contribution in [1.82, 2.24) is 5.32 Å². The van der Waals surface area contributed by atoms with E-state index in [0.717, 1.165) is 44.6 Å². The molecule has 114 valence electrons.